The van der Waals surface area contributed by atoms with Crippen molar-refractivity contribution in [3.8, 4) is 5.69 Å². The second-order valence-corrected chi connectivity index (χ2v) is 5.91. The first kappa shape index (κ1) is 15.8. The number of anilines is 2. The zero-order valence-electron chi connectivity index (χ0n) is 13.3. The molecule has 0 saturated carbocycles. The molecule has 3 N–H and O–H groups in total. The fraction of sp³-hybridized carbons (Fsp3) is 0.118. The van der Waals surface area contributed by atoms with Gasteiger partial charge in [0.05, 0.1) is 22.5 Å². The number of hydrogen-bond acceptors (Lipinski definition) is 6. The Morgan fingerprint density at radius 1 is 0.846 bits per heavy atom. The minimum atomic E-state index is -0.666. The Morgan fingerprint density at radius 2 is 1.42 bits per heavy atom. The highest BCUT2D eigenvalue weighted by molar-refractivity contribution is 6.23. The maximum absolute atomic E-state index is 12.4. The summed E-state index contributed by atoms with van der Waals surface area (Å²) in [5, 5.41) is 2.09. The fourth-order valence-electron chi connectivity index (χ4n) is 3.16. The van der Waals surface area contributed by atoms with Gasteiger partial charge in [-0.2, -0.15) is 0 Å². The minimum Gasteiger partial charge on any atom is -0.384 e. The molecule has 9 nitrogen and oxygen atoms in total. The molecule has 0 spiro atoms. The summed E-state index contributed by atoms with van der Waals surface area (Å²) in [7, 11) is 0. The SMILES string of the molecule is Nc1c2c(cc(=O)n1-c1ccc(N3C(=O)CCC3=O)cc1)C(=O)NC2=O. The van der Waals surface area contributed by atoms with Gasteiger partial charge in [-0.3, -0.25) is 38.8 Å². The van der Waals surface area contributed by atoms with E-state index >= 15 is 0 Å². The molecular formula is C17H12N4O5. The van der Waals surface area contributed by atoms with E-state index in [1.165, 1.54) is 24.3 Å². The van der Waals surface area contributed by atoms with Gasteiger partial charge < -0.3 is 5.73 Å². The lowest BCUT2D eigenvalue weighted by Crippen LogP contribution is -2.28. The Morgan fingerprint density at radius 3 is 2.04 bits per heavy atom. The summed E-state index contributed by atoms with van der Waals surface area (Å²) < 4.78 is 1.09. The van der Waals surface area contributed by atoms with Crippen LogP contribution in [-0.2, 0) is 9.59 Å². The van der Waals surface area contributed by atoms with E-state index in [1.54, 1.807) is 0 Å². The molecule has 4 rings (SSSR count). The maximum Gasteiger partial charge on any atom is 0.262 e. The van der Waals surface area contributed by atoms with E-state index in [2.05, 4.69) is 5.32 Å². The fourth-order valence-corrected chi connectivity index (χ4v) is 3.16. The third-order valence-electron chi connectivity index (χ3n) is 4.37. The average Bonchev–Trinajstić information content (AvgIpc) is 3.07. The number of benzene rings is 1. The minimum absolute atomic E-state index is 0.0522. The lowest BCUT2D eigenvalue weighted by atomic mass is 10.1. The van der Waals surface area contributed by atoms with Crippen LogP contribution in [0.2, 0.25) is 0 Å². The molecule has 3 heterocycles. The van der Waals surface area contributed by atoms with Crippen LogP contribution in [-0.4, -0.2) is 28.2 Å². The largest absolute Gasteiger partial charge is 0.384 e. The zero-order chi connectivity index (χ0) is 18.6. The van der Waals surface area contributed by atoms with Gasteiger partial charge in [0.15, 0.2) is 0 Å². The highest BCUT2D eigenvalue weighted by Gasteiger charge is 2.32. The Hall–Kier alpha value is -3.75. The Kier molecular flexibility index (Phi) is 3.26. The normalized spacial score (nSPS) is 16.2. The number of imide groups is 2. The summed E-state index contributed by atoms with van der Waals surface area (Å²) in [5.41, 5.74) is 6.00. The molecule has 2 aliphatic rings. The van der Waals surface area contributed by atoms with Crippen LogP contribution in [0.25, 0.3) is 5.69 Å². The summed E-state index contributed by atoms with van der Waals surface area (Å²) in [6.07, 6.45) is 0.335. The molecule has 0 atom stereocenters. The van der Waals surface area contributed by atoms with Crippen LogP contribution in [0.5, 0.6) is 0 Å². The van der Waals surface area contributed by atoms with E-state index in [0.29, 0.717) is 11.4 Å². The number of pyridine rings is 1. The monoisotopic (exact) mass is 352 g/mol. The number of hydrogen-bond donors (Lipinski definition) is 2. The second-order valence-electron chi connectivity index (χ2n) is 5.91. The van der Waals surface area contributed by atoms with Gasteiger partial charge in [-0.05, 0) is 24.3 Å². The highest BCUT2D eigenvalue weighted by atomic mass is 16.2. The van der Waals surface area contributed by atoms with Crippen LogP contribution in [0.4, 0.5) is 11.5 Å². The van der Waals surface area contributed by atoms with E-state index in [-0.39, 0.29) is 41.6 Å². The van der Waals surface area contributed by atoms with E-state index in [0.717, 1.165) is 15.5 Å². The highest BCUT2D eigenvalue weighted by Crippen LogP contribution is 2.26. The van der Waals surface area contributed by atoms with Crippen LogP contribution >= 0.6 is 0 Å². The smallest absolute Gasteiger partial charge is 0.262 e. The molecule has 0 aliphatic carbocycles. The second kappa shape index (κ2) is 5.38. The van der Waals surface area contributed by atoms with E-state index in [4.69, 9.17) is 5.73 Å². The van der Waals surface area contributed by atoms with Crippen molar-refractivity contribution in [2.24, 2.45) is 0 Å². The number of nitrogens with zero attached hydrogens (tertiary/aromatic N) is 2. The average molecular weight is 352 g/mol. The third kappa shape index (κ3) is 2.14. The number of carbonyl (C=O) groups is 4. The van der Waals surface area contributed by atoms with Gasteiger partial charge in [0.25, 0.3) is 17.4 Å². The summed E-state index contributed by atoms with van der Waals surface area (Å²) in [6, 6.07) is 7.09. The molecule has 130 valence electrons. The number of aromatic nitrogens is 1. The molecule has 2 aliphatic heterocycles. The molecular weight excluding hydrogens is 340 g/mol. The summed E-state index contributed by atoms with van der Waals surface area (Å²) in [4.78, 5) is 60.6. The molecule has 2 aromatic rings. The number of amides is 4. The number of nitrogen functional groups attached to an aromatic ring is 1. The molecule has 4 amide bonds. The molecule has 1 aromatic carbocycles. The summed E-state index contributed by atoms with van der Waals surface area (Å²) >= 11 is 0. The first-order chi connectivity index (χ1) is 12.4. The molecule has 0 unspecified atom stereocenters. The van der Waals surface area contributed by atoms with Crippen LogP contribution in [0.1, 0.15) is 33.6 Å². The molecule has 1 aromatic heterocycles. The lowest BCUT2D eigenvalue weighted by molar-refractivity contribution is -0.121. The summed E-state index contributed by atoms with van der Waals surface area (Å²) in [5.74, 6) is -2.06. The van der Waals surface area contributed by atoms with Crippen molar-refractivity contribution in [1.82, 2.24) is 9.88 Å². The Bertz CT molecular complexity index is 1050. The maximum atomic E-state index is 12.4. The molecule has 0 radical (unpaired) electrons. The quantitative estimate of drug-likeness (QED) is 0.729. The van der Waals surface area contributed by atoms with Crippen LogP contribution in [0, 0.1) is 0 Å². The molecule has 26 heavy (non-hydrogen) atoms. The molecule has 1 saturated heterocycles. The van der Waals surface area contributed by atoms with Crippen molar-refractivity contribution >= 4 is 35.1 Å². The zero-order valence-corrected chi connectivity index (χ0v) is 13.3. The first-order valence-electron chi connectivity index (χ1n) is 7.76. The molecule has 9 heteroatoms. The predicted molar refractivity (Wildman–Crippen MR) is 90.0 cm³/mol. The van der Waals surface area contributed by atoms with Crippen LogP contribution in [0.3, 0.4) is 0 Å². The number of nitrogens with one attached hydrogen (secondary N) is 1. The van der Waals surface area contributed by atoms with Gasteiger partial charge in [0.2, 0.25) is 11.8 Å². The van der Waals surface area contributed by atoms with E-state index in [9.17, 15) is 24.0 Å². The standard InChI is InChI=1S/C17H12N4O5/c18-15-14-10(16(25)19-17(14)26)7-13(24)21(15)9-3-1-8(2-4-9)20-11(22)5-6-12(20)23/h1-4,7H,5-6,18H2,(H,19,25,26). The third-order valence-corrected chi connectivity index (χ3v) is 4.37. The number of fused-ring (bicyclic) bond motifs is 1. The van der Waals surface area contributed by atoms with Gasteiger partial charge in [-0.25, -0.2) is 0 Å². The van der Waals surface area contributed by atoms with Crippen molar-refractivity contribution in [2.45, 2.75) is 12.8 Å². The van der Waals surface area contributed by atoms with Gasteiger partial charge >= 0.3 is 0 Å². The van der Waals surface area contributed by atoms with Gasteiger partial charge in [-0.15, -0.1) is 0 Å². The van der Waals surface area contributed by atoms with Crippen molar-refractivity contribution in [3.05, 3.63) is 51.8 Å². The predicted octanol–water partition coefficient (Wildman–Crippen LogP) is -0.0433. The topological polar surface area (TPSA) is 132 Å². The van der Waals surface area contributed by atoms with Crippen LogP contribution in [0.15, 0.2) is 35.1 Å². The van der Waals surface area contributed by atoms with Crippen molar-refractivity contribution in [2.75, 3.05) is 10.6 Å². The number of rotatable bonds is 2. The van der Waals surface area contributed by atoms with Crippen molar-refractivity contribution in [3.63, 3.8) is 0 Å². The molecule has 1 fully saturated rings. The van der Waals surface area contributed by atoms with E-state index in [1.807, 2.05) is 0 Å². The van der Waals surface area contributed by atoms with E-state index < -0.39 is 17.4 Å². The number of nitrogens with two attached hydrogens (primary N) is 1. The number of carbonyl (C=O) groups excluding carboxylic acids is 4. The van der Waals surface area contributed by atoms with Gasteiger partial charge in [0, 0.05) is 18.9 Å². The van der Waals surface area contributed by atoms with Crippen molar-refractivity contribution < 1.29 is 19.2 Å². The first-order valence-corrected chi connectivity index (χ1v) is 7.76. The lowest BCUT2D eigenvalue weighted by Gasteiger charge is -2.16. The van der Waals surface area contributed by atoms with Gasteiger partial charge in [0.1, 0.15) is 5.82 Å². The van der Waals surface area contributed by atoms with Gasteiger partial charge in [-0.1, -0.05) is 0 Å². The van der Waals surface area contributed by atoms with Crippen molar-refractivity contribution in [1.29, 1.82) is 0 Å². The Balaban J connectivity index is 1.80. The van der Waals surface area contributed by atoms with Crippen LogP contribution < -0.4 is 21.5 Å². The summed E-state index contributed by atoms with van der Waals surface area (Å²) in [6.45, 7) is 0. The Labute approximate surface area is 146 Å². The molecule has 0 bridgehead atoms.